The largest absolute Gasteiger partial charge is 0.507 e. The van der Waals surface area contributed by atoms with Crippen LogP contribution in [0.2, 0.25) is 0 Å². The summed E-state index contributed by atoms with van der Waals surface area (Å²) in [6.45, 7) is 0. The summed E-state index contributed by atoms with van der Waals surface area (Å²) in [6, 6.07) is 3.06. The molecule has 14 heavy (non-hydrogen) atoms. The second-order valence-corrected chi connectivity index (χ2v) is 3.49. The third-order valence-electron chi connectivity index (χ3n) is 1.82. The first-order chi connectivity index (χ1) is 6.47. The fraction of sp³-hybridized carbons (Fsp3) is 0.250. The number of alkyl halides is 1. The Kier molecular flexibility index (Phi) is 2.73. The van der Waals surface area contributed by atoms with Crippen LogP contribution >= 0.6 is 23.2 Å². The van der Waals surface area contributed by atoms with Crippen LogP contribution in [0.5, 0.6) is 0 Å². The molecule has 0 spiro atoms. The normalized spacial score (nSPS) is 31.8. The number of hydrogen-bond donors (Lipinski definition) is 2. The molecule has 2 unspecified atom stereocenters. The van der Waals surface area contributed by atoms with Gasteiger partial charge in [-0.05, 0) is 6.08 Å². The van der Waals surface area contributed by atoms with Crippen LogP contribution in [0.15, 0.2) is 22.4 Å². The van der Waals surface area contributed by atoms with Gasteiger partial charge in [0.15, 0.2) is 0 Å². The van der Waals surface area contributed by atoms with Crippen LogP contribution in [0.4, 0.5) is 0 Å². The Morgan fingerprint density at radius 2 is 2.07 bits per heavy atom. The van der Waals surface area contributed by atoms with Gasteiger partial charge in [-0.2, -0.15) is 10.5 Å². The molecule has 0 saturated carbocycles. The van der Waals surface area contributed by atoms with E-state index in [1.165, 1.54) is 6.07 Å². The number of hydrogen-bond acceptors (Lipinski definition) is 4. The van der Waals surface area contributed by atoms with Gasteiger partial charge in [-0.15, -0.1) is 11.6 Å². The van der Waals surface area contributed by atoms with E-state index in [0.29, 0.717) is 0 Å². The van der Waals surface area contributed by atoms with Crippen LogP contribution in [0.1, 0.15) is 0 Å². The summed E-state index contributed by atoms with van der Waals surface area (Å²) in [5, 5.41) is 34.6. The van der Waals surface area contributed by atoms with E-state index < -0.39 is 16.7 Å². The predicted octanol–water partition coefficient (Wildman–Crippen LogP) is 1.32. The zero-order valence-corrected chi connectivity index (χ0v) is 8.21. The molecule has 0 radical (unpaired) electrons. The molecule has 0 heterocycles. The Hall–Kier alpha value is -1.20. The number of nitrogens with zero attached hydrogens (tertiary/aromatic N) is 2. The van der Waals surface area contributed by atoms with Gasteiger partial charge >= 0.3 is 0 Å². The van der Waals surface area contributed by atoms with Crippen molar-refractivity contribution in [1.29, 1.82) is 10.5 Å². The maximum absolute atomic E-state index is 9.68. The number of halogens is 2. The molecular formula is C8H4Cl2N2O2. The quantitative estimate of drug-likeness (QED) is 0.486. The summed E-state index contributed by atoms with van der Waals surface area (Å²) in [7, 11) is 0. The molecule has 1 aliphatic carbocycles. The Labute approximate surface area is 89.9 Å². The minimum Gasteiger partial charge on any atom is -0.507 e. The van der Waals surface area contributed by atoms with Gasteiger partial charge in [-0.3, -0.25) is 0 Å². The lowest BCUT2D eigenvalue weighted by Gasteiger charge is -2.27. The van der Waals surface area contributed by atoms with E-state index in [9.17, 15) is 10.2 Å². The fourth-order valence-corrected chi connectivity index (χ4v) is 1.49. The fourth-order valence-electron chi connectivity index (χ4n) is 1.000. The van der Waals surface area contributed by atoms with Crippen molar-refractivity contribution < 1.29 is 10.2 Å². The Bertz CT molecular complexity index is 416. The highest BCUT2D eigenvalue weighted by atomic mass is 35.5. The first kappa shape index (κ1) is 10.9. The van der Waals surface area contributed by atoms with Gasteiger partial charge in [0.05, 0.1) is 16.7 Å². The molecule has 72 valence electrons. The highest BCUT2D eigenvalue weighted by Crippen LogP contribution is 2.37. The van der Waals surface area contributed by atoms with Crippen LogP contribution in [0.25, 0.3) is 0 Å². The average molecular weight is 231 g/mol. The van der Waals surface area contributed by atoms with E-state index in [1.54, 1.807) is 6.07 Å². The maximum Gasteiger partial charge on any atom is 0.208 e. The van der Waals surface area contributed by atoms with Gasteiger partial charge in [0.1, 0.15) is 17.2 Å². The van der Waals surface area contributed by atoms with Gasteiger partial charge in [-0.25, -0.2) is 0 Å². The summed E-state index contributed by atoms with van der Waals surface area (Å²) in [5.41, 5.74) is -2.51. The van der Waals surface area contributed by atoms with Gasteiger partial charge in [-0.1, -0.05) is 11.6 Å². The van der Waals surface area contributed by atoms with Crippen LogP contribution in [0.3, 0.4) is 0 Å². The van der Waals surface area contributed by atoms with Crippen molar-refractivity contribution in [3.63, 3.8) is 0 Å². The van der Waals surface area contributed by atoms with E-state index in [1.807, 2.05) is 0 Å². The number of allylic oxidation sites excluding steroid dienone is 1. The standard InChI is InChI=1S/C8H4Cl2N2O2/c9-6-5(13)1-4(2-11)8(14,3-12)7(6)10/h1,7,13-14H. The second kappa shape index (κ2) is 3.51. The molecule has 0 aromatic rings. The number of nitriles is 2. The lowest BCUT2D eigenvalue weighted by Crippen LogP contribution is -2.41. The highest BCUT2D eigenvalue weighted by Gasteiger charge is 2.45. The van der Waals surface area contributed by atoms with Crippen LogP contribution in [0, 0.1) is 22.7 Å². The molecule has 1 aliphatic rings. The van der Waals surface area contributed by atoms with Crippen molar-refractivity contribution in [2.75, 3.05) is 0 Å². The Morgan fingerprint density at radius 1 is 1.50 bits per heavy atom. The second-order valence-electron chi connectivity index (χ2n) is 2.64. The van der Waals surface area contributed by atoms with Crippen molar-refractivity contribution in [1.82, 2.24) is 0 Å². The predicted molar refractivity (Wildman–Crippen MR) is 49.4 cm³/mol. The van der Waals surface area contributed by atoms with Crippen LogP contribution in [-0.2, 0) is 0 Å². The van der Waals surface area contributed by atoms with E-state index >= 15 is 0 Å². The number of aliphatic hydroxyl groups is 2. The summed E-state index contributed by atoms with van der Waals surface area (Å²) < 4.78 is 0. The minimum atomic E-state index is -2.18. The lowest BCUT2D eigenvalue weighted by molar-refractivity contribution is 0.143. The molecule has 0 aromatic carbocycles. The first-order valence-corrected chi connectivity index (χ1v) is 4.27. The van der Waals surface area contributed by atoms with Gasteiger partial charge in [0.25, 0.3) is 0 Å². The molecule has 0 amide bonds. The monoisotopic (exact) mass is 230 g/mol. The average Bonchev–Trinajstić information content (AvgIpc) is 2.20. The molecule has 4 nitrogen and oxygen atoms in total. The molecule has 0 bridgehead atoms. The number of rotatable bonds is 0. The van der Waals surface area contributed by atoms with E-state index in [4.69, 9.17) is 33.7 Å². The molecule has 1 rings (SSSR count). The summed E-state index contributed by atoms with van der Waals surface area (Å²) in [5.74, 6) is -0.414. The smallest absolute Gasteiger partial charge is 0.208 e. The van der Waals surface area contributed by atoms with E-state index in [-0.39, 0.29) is 10.6 Å². The molecule has 0 fully saturated rings. The van der Waals surface area contributed by atoms with Crippen molar-refractivity contribution in [3.05, 3.63) is 22.4 Å². The van der Waals surface area contributed by atoms with Crippen LogP contribution < -0.4 is 0 Å². The van der Waals surface area contributed by atoms with Gasteiger partial charge in [0.2, 0.25) is 5.60 Å². The molecule has 2 atom stereocenters. The van der Waals surface area contributed by atoms with Crippen molar-refractivity contribution in [2.45, 2.75) is 11.0 Å². The number of aliphatic hydroxyl groups excluding tert-OH is 1. The van der Waals surface area contributed by atoms with Crippen molar-refractivity contribution in [3.8, 4) is 12.1 Å². The van der Waals surface area contributed by atoms with Crippen LogP contribution in [-0.4, -0.2) is 21.2 Å². The summed E-state index contributed by atoms with van der Waals surface area (Å²) in [4.78, 5) is 0. The molecule has 6 heteroatoms. The van der Waals surface area contributed by atoms with E-state index in [2.05, 4.69) is 0 Å². The first-order valence-electron chi connectivity index (χ1n) is 3.46. The van der Waals surface area contributed by atoms with Gasteiger partial charge in [0, 0.05) is 0 Å². The highest BCUT2D eigenvalue weighted by molar-refractivity contribution is 6.38. The molecule has 0 saturated heterocycles. The summed E-state index contributed by atoms with van der Waals surface area (Å²) >= 11 is 11.2. The third-order valence-corrected chi connectivity index (χ3v) is 2.87. The van der Waals surface area contributed by atoms with E-state index in [0.717, 1.165) is 6.08 Å². The summed E-state index contributed by atoms with van der Waals surface area (Å²) in [6.07, 6.45) is 0.921. The SMILES string of the molecule is N#CC1=CC(O)=C(Cl)C(Cl)C1(O)C#N. The Morgan fingerprint density at radius 3 is 2.50 bits per heavy atom. The zero-order chi connectivity index (χ0) is 10.9. The third kappa shape index (κ3) is 1.34. The topological polar surface area (TPSA) is 88.0 Å². The minimum absolute atomic E-state index is 0.255. The zero-order valence-electron chi connectivity index (χ0n) is 6.70. The molecule has 0 aromatic heterocycles. The van der Waals surface area contributed by atoms with Crippen molar-refractivity contribution in [2.24, 2.45) is 0 Å². The molecule has 0 aliphatic heterocycles. The lowest BCUT2D eigenvalue weighted by atomic mass is 9.87. The molecule has 2 N–H and O–H groups in total. The molecular weight excluding hydrogens is 227 g/mol. The maximum atomic E-state index is 9.68. The van der Waals surface area contributed by atoms with Crippen molar-refractivity contribution >= 4 is 23.2 Å². The Balaban J connectivity index is 3.38. The van der Waals surface area contributed by atoms with Gasteiger partial charge < -0.3 is 10.2 Å².